The van der Waals surface area contributed by atoms with Gasteiger partial charge in [-0.3, -0.25) is 4.79 Å². The van der Waals surface area contributed by atoms with Crippen molar-refractivity contribution in [2.24, 2.45) is 0 Å². The monoisotopic (exact) mass is 432 g/mol. The number of methoxy groups -OCH3 is 1. The highest BCUT2D eigenvalue weighted by Gasteiger charge is 2.19. The molecular weight excluding hydrogens is 404 g/mol. The molecule has 0 saturated carbocycles. The minimum atomic E-state index is -0.0979. The lowest BCUT2D eigenvalue weighted by atomic mass is 9.98. The van der Waals surface area contributed by atoms with Crippen LogP contribution in [-0.4, -0.2) is 39.9 Å². The lowest BCUT2D eigenvalue weighted by Gasteiger charge is -2.20. The third-order valence-corrected chi connectivity index (χ3v) is 5.52. The predicted molar refractivity (Wildman–Crippen MR) is 125 cm³/mol. The van der Waals surface area contributed by atoms with E-state index in [2.05, 4.69) is 5.32 Å². The van der Waals surface area contributed by atoms with Gasteiger partial charge in [-0.1, -0.05) is 24.3 Å². The third-order valence-electron chi connectivity index (χ3n) is 5.52. The molecule has 32 heavy (non-hydrogen) atoms. The molecule has 0 aromatic heterocycles. The predicted octanol–water partition coefficient (Wildman–Crippen LogP) is 4.07. The first kappa shape index (κ1) is 21.6. The Labute approximate surface area is 188 Å². The molecule has 4 rings (SSSR count). The zero-order valence-corrected chi connectivity index (χ0v) is 18.6. The van der Waals surface area contributed by atoms with Crippen LogP contribution in [0.15, 0.2) is 66.7 Å². The number of ether oxygens (including phenoxy) is 3. The molecule has 0 unspecified atom stereocenters. The van der Waals surface area contributed by atoms with Crippen LogP contribution >= 0.6 is 0 Å². The summed E-state index contributed by atoms with van der Waals surface area (Å²) in [5.74, 6) is 2.22. The molecule has 0 aliphatic carbocycles. The van der Waals surface area contributed by atoms with Gasteiger partial charge in [-0.15, -0.1) is 0 Å². The van der Waals surface area contributed by atoms with E-state index in [1.54, 1.807) is 7.11 Å². The molecule has 1 N–H and O–H groups in total. The first-order valence-corrected chi connectivity index (χ1v) is 10.6. The standard InChI is InChI=1S/C26H28N2O4/c1-28(2)22-6-4-5-20(16-22)26(29)27-21(13-18-7-10-23(30-3)11-8-18)14-19-9-12-24-25(15-19)32-17-31-24/h4-12,15-16,21H,13-14,17H2,1-3H3,(H,27,29)/t21-/m0/s1. The van der Waals surface area contributed by atoms with Crippen LogP contribution in [0.4, 0.5) is 5.69 Å². The van der Waals surface area contributed by atoms with Crippen molar-refractivity contribution in [2.75, 3.05) is 32.9 Å². The summed E-state index contributed by atoms with van der Waals surface area (Å²) in [5.41, 5.74) is 3.83. The number of carbonyl (C=O) groups excluding carboxylic acids is 1. The molecule has 0 fully saturated rings. The van der Waals surface area contributed by atoms with Gasteiger partial charge in [0.15, 0.2) is 11.5 Å². The van der Waals surface area contributed by atoms with E-state index in [1.807, 2.05) is 85.7 Å². The summed E-state index contributed by atoms with van der Waals surface area (Å²) in [6, 6.07) is 21.4. The lowest BCUT2D eigenvalue weighted by Crippen LogP contribution is -2.38. The molecule has 0 spiro atoms. The molecule has 1 atom stereocenters. The normalized spacial score (nSPS) is 12.8. The second-order valence-electron chi connectivity index (χ2n) is 8.06. The molecule has 3 aromatic rings. The molecule has 1 aliphatic heterocycles. The Hall–Kier alpha value is -3.67. The fraction of sp³-hybridized carbons (Fsp3) is 0.269. The molecule has 166 valence electrons. The van der Waals surface area contributed by atoms with Crippen LogP contribution in [-0.2, 0) is 12.8 Å². The van der Waals surface area contributed by atoms with Crippen LogP contribution in [0, 0.1) is 0 Å². The van der Waals surface area contributed by atoms with Gasteiger partial charge in [0.25, 0.3) is 5.91 Å². The van der Waals surface area contributed by atoms with Crippen LogP contribution in [0.3, 0.4) is 0 Å². The molecular formula is C26H28N2O4. The van der Waals surface area contributed by atoms with E-state index in [9.17, 15) is 4.79 Å². The molecule has 3 aromatic carbocycles. The summed E-state index contributed by atoms with van der Waals surface area (Å²) in [6.07, 6.45) is 1.36. The van der Waals surface area contributed by atoms with E-state index < -0.39 is 0 Å². The van der Waals surface area contributed by atoms with Crippen LogP contribution in [0.25, 0.3) is 0 Å². The van der Waals surface area contributed by atoms with Gasteiger partial charge in [-0.25, -0.2) is 0 Å². The van der Waals surface area contributed by atoms with Crippen LogP contribution in [0.2, 0.25) is 0 Å². The Morgan fingerprint density at radius 2 is 1.69 bits per heavy atom. The van der Waals surface area contributed by atoms with Gasteiger partial charge < -0.3 is 24.4 Å². The summed E-state index contributed by atoms with van der Waals surface area (Å²) in [7, 11) is 5.58. The van der Waals surface area contributed by atoms with E-state index in [1.165, 1.54) is 0 Å². The summed E-state index contributed by atoms with van der Waals surface area (Å²) in [6.45, 7) is 0.243. The van der Waals surface area contributed by atoms with E-state index in [4.69, 9.17) is 14.2 Å². The van der Waals surface area contributed by atoms with Crippen LogP contribution in [0.1, 0.15) is 21.5 Å². The van der Waals surface area contributed by atoms with E-state index in [0.29, 0.717) is 18.4 Å². The summed E-state index contributed by atoms with van der Waals surface area (Å²) < 4.78 is 16.2. The highest BCUT2D eigenvalue weighted by molar-refractivity contribution is 5.95. The SMILES string of the molecule is COc1ccc(C[C@@H](Cc2ccc3c(c2)OCO3)NC(=O)c2cccc(N(C)C)c2)cc1. The Morgan fingerprint density at radius 1 is 0.969 bits per heavy atom. The topological polar surface area (TPSA) is 60.0 Å². The van der Waals surface area contributed by atoms with E-state index >= 15 is 0 Å². The Morgan fingerprint density at radius 3 is 2.44 bits per heavy atom. The second-order valence-corrected chi connectivity index (χ2v) is 8.06. The van der Waals surface area contributed by atoms with Crippen molar-refractivity contribution in [1.29, 1.82) is 0 Å². The number of rotatable bonds is 8. The molecule has 1 heterocycles. The number of benzene rings is 3. The summed E-state index contributed by atoms with van der Waals surface area (Å²) in [5, 5.41) is 3.23. The van der Waals surface area contributed by atoms with Crippen molar-refractivity contribution in [3.05, 3.63) is 83.4 Å². The van der Waals surface area contributed by atoms with Crippen molar-refractivity contribution >= 4 is 11.6 Å². The maximum absolute atomic E-state index is 13.1. The van der Waals surface area contributed by atoms with Crippen molar-refractivity contribution in [2.45, 2.75) is 18.9 Å². The molecule has 0 saturated heterocycles. The van der Waals surface area contributed by atoms with Crippen LogP contribution in [0.5, 0.6) is 17.2 Å². The largest absolute Gasteiger partial charge is 0.497 e. The number of hydrogen-bond acceptors (Lipinski definition) is 5. The minimum Gasteiger partial charge on any atom is -0.497 e. The van der Waals surface area contributed by atoms with Gasteiger partial charge in [0.05, 0.1) is 7.11 Å². The zero-order chi connectivity index (χ0) is 22.5. The lowest BCUT2D eigenvalue weighted by molar-refractivity contribution is 0.0936. The average molecular weight is 433 g/mol. The maximum atomic E-state index is 13.1. The molecule has 6 heteroatoms. The summed E-state index contributed by atoms with van der Waals surface area (Å²) >= 11 is 0. The Bertz CT molecular complexity index is 1080. The Kier molecular flexibility index (Phi) is 6.50. The van der Waals surface area contributed by atoms with Crippen molar-refractivity contribution in [3.63, 3.8) is 0 Å². The van der Waals surface area contributed by atoms with Gasteiger partial charge in [-0.2, -0.15) is 0 Å². The van der Waals surface area contributed by atoms with Gasteiger partial charge in [0.1, 0.15) is 5.75 Å². The van der Waals surface area contributed by atoms with Crippen molar-refractivity contribution < 1.29 is 19.0 Å². The fourth-order valence-corrected chi connectivity index (χ4v) is 3.77. The van der Waals surface area contributed by atoms with Gasteiger partial charge in [0, 0.05) is 31.4 Å². The van der Waals surface area contributed by atoms with E-state index in [0.717, 1.165) is 34.1 Å². The Balaban J connectivity index is 1.54. The fourth-order valence-electron chi connectivity index (χ4n) is 3.77. The minimum absolute atomic E-state index is 0.0899. The average Bonchev–Trinajstić information content (AvgIpc) is 3.27. The number of carbonyl (C=O) groups is 1. The number of hydrogen-bond donors (Lipinski definition) is 1. The third kappa shape index (κ3) is 5.14. The highest BCUT2D eigenvalue weighted by atomic mass is 16.7. The molecule has 6 nitrogen and oxygen atoms in total. The highest BCUT2D eigenvalue weighted by Crippen LogP contribution is 2.33. The van der Waals surface area contributed by atoms with Crippen molar-refractivity contribution in [3.8, 4) is 17.2 Å². The summed E-state index contributed by atoms with van der Waals surface area (Å²) in [4.78, 5) is 15.1. The van der Waals surface area contributed by atoms with Gasteiger partial charge in [0.2, 0.25) is 6.79 Å². The number of fused-ring (bicyclic) bond motifs is 1. The first-order valence-electron chi connectivity index (χ1n) is 10.6. The van der Waals surface area contributed by atoms with Gasteiger partial charge >= 0.3 is 0 Å². The quantitative estimate of drug-likeness (QED) is 0.581. The second kappa shape index (κ2) is 9.64. The number of amides is 1. The number of nitrogens with one attached hydrogen (secondary N) is 1. The first-order chi connectivity index (χ1) is 15.5. The molecule has 0 radical (unpaired) electrons. The van der Waals surface area contributed by atoms with Crippen LogP contribution < -0.4 is 24.4 Å². The van der Waals surface area contributed by atoms with E-state index in [-0.39, 0.29) is 18.7 Å². The zero-order valence-electron chi connectivity index (χ0n) is 18.6. The molecule has 0 bridgehead atoms. The molecule has 1 amide bonds. The smallest absolute Gasteiger partial charge is 0.251 e. The number of anilines is 1. The maximum Gasteiger partial charge on any atom is 0.251 e. The molecule has 1 aliphatic rings. The number of nitrogens with zero attached hydrogens (tertiary/aromatic N) is 1. The van der Waals surface area contributed by atoms with Gasteiger partial charge in [-0.05, 0) is 66.4 Å². The van der Waals surface area contributed by atoms with Crippen molar-refractivity contribution in [1.82, 2.24) is 5.32 Å².